The Labute approximate surface area is 115 Å². The maximum Gasteiger partial charge on any atom is 0.0826 e. The first-order chi connectivity index (χ1) is 9.31. The lowest BCUT2D eigenvalue weighted by Gasteiger charge is -2.30. The monoisotopic (exact) mass is 260 g/mol. The fourth-order valence-electron chi connectivity index (χ4n) is 2.69. The van der Waals surface area contributed by atoms with Gasteiger partial charge in [-0.2, -0.15) is 0 Å². The van der Waals surface area contributed by atoms with Crippen LogP contribution >= 0.6 is 0 Å². The molecule has 1 aliphatic carbocycles. The summed E-state index contributed by atoms with van der Waals surface area (Å²) >= 11 is 0. The van der Waals surface area contributed by atoms with E-state index in [9.17, 15) is 0 Å². The molecule has 3 rings (SSSR count). The highest BCUT2D eigenvalue weighted by atomic mass is 16.5. The Kier molecular flexibility index (Phi) is 4.16. The third-order valence-corrected chi connectivity index (χ3v) is 4.07. The molecule has 1 unspecified atom stereocenters. The molecule has 19 heavy (non-hydrogen) atoms. The van der Waals surface area contributed by atoms with Crippen molar-refractivity contribution in [3.8, 4) is 0 Å². The van der Waals surface area contributed by atoms with Gasteiger partial charge >= 0.3 is 0 Å². The fourth-order valence-corrected chi connectivity index (χ4v) is 2.69. The molecule has 0 radical (unpaired) electrons. The summed E-state index contributed by atoms with van der Waals surface area (Å²) in [5, 5.41) is 3.50. The zero-order chi connectivity index (χ0) is 13.1. The van der Waals surface area contributed by atoms with Crippen molar-refractivity contribution in [2.24, 2.45) is 0 Å². The van der Waals surface area contributed by atoms with E-state index in [1.54, 1.807) is 0 Å². The van der Waals surface area contributed by atoms with Crippen LogP contribution in [0.1, 0.15) is 29.9 Å². The Balaban J connectivity index is 1.41. The Morgan fingerprint density at radius 3 is 2.74 bits per heavy atom. The topological polar surface area (TPSA) is 24.5 Å². The van der Waals surface area contributed by atoms with E-state index in [-0.39, 0.29) is 0 Å². The normalized spacial score (nSPS) is 24.6. The van der Waals surface area contributed by atoms with E-state index in [2.05, 4.69) is 41.5 Å². The summed E-state index contributed by atoms with van der Waals surface area (Å²) in [6.07, 6.45) is 3.10. The molecule has 0 amide bonds. The van der Waals surface area contributed by atoms with Crippen LogP contribution in [0.25, 0.3) is 0 Å². The summed E-state index contributed by atoms with van der Waals surface area (Å²) in [7, 11) is 2.16. The number of nitrogens with zero attached hydrogens (tertiary/aromatic N) is 1. The Morgan fingerprint density at radius 2 is 2.05 bits per heavy atom. The molecule has 1 N–H and O–H groups in total. The van der Waals surface area contributed by atoms with Crippen LogP contribution < -0.4 is 5.32 Å². The molecule has 104 valence electrons. The minimum absolute atomic E-state index is 0.337. The first kappa shape index (κ1) is 13.1. The molecule has 2 aliphatic rings. The number of ether oxygens (including phenoxy) is 1. The van der Waals surface area contributed by atoms with E-state index < -0.39 is 0 Å². The van der Waals surface area contributed by atoms with E-state index in [0.29, 0.717) is 6.10 Å². The molecule has 0 bridgehead atoms. The SMILES string of the molecule is CN1CCOC(CNCc2ccc(C3CC3)cc2)C1. The molecular weight excluding hydrogens is 236 g/mol. The molecule has 3 heteroatoms. The predicted molar refractivity (Wildman–Crippen MR) is 77.4 cm³/mol. The van der Waals surface area contributed by atoms with Crippen molar-refractivity contribution in [2.75, 3.05) is 33.3 Å². The van der Waals surface area contributed by atoms with Crippen molar-refractivity contribution in [2.45, 2.75) is 31.4 Å². The van der Waals surface area contributed by atoms with E-state index in [0.717, 1.165) is 38.7 Å². The summed E-state index contributed by atoms with van der Waals surface area (Å²) in [4.78, 5) is 2.33. The molecule has 1 aromatic carbocycles. The second-order valence-corrected chi connectivity index (χ2v) is 5.90. The van der Waals surface area contributed by atoms with Gasteiger partial charge in [0.15, 0.2) is 0 Å². The largest absolute Gasteiger partial charge is 0.374 e. The molecule has 0 spiro atoms. The number of nitrogens with one attached hydrogen (secondary N) is 1. The zero-order valence-electron chi connectivity index (χ0n) is 11.8. The highest BCUT2D eigenvalue weighted by Gasteiger charge is 2.22. The summed E-state index contributed by atoms with van der Waals surface area (Å²) in [6, 6.07) is 9.10. The molecule has 1 atom stereocenters. The van der Waals surface area contributed by atoms with Crippen molar-refractivity contribution in [3.63, 3.8) is 0 Å². The molecule has 1 heterocycles. The highest BCUT2D eigenvalue weighted by molar-refractivity contribution is 5.27. The van der Waals surface area contributed by atoms with Crippen LogP contribution in [0.15, 0.2) is 24.3 Å². The first-order valence-corrected chi connectivity index (χ1v) is 7.41. The van der Waals surface area contributed by atoms with E-state index in [4.69, 9.17) is 4.74 Å². The van der Waals surface area contributed by atoms with Gasteiger partial charge in [-0.15, -0.1) is 0 Å². The average molecular weight is 260 g/mol. The summed E-state index contributed by atoms with van der Waals surface area (Å²) in [6.45, 7) is 4.83. The molecule has 1 saturated carbocycles. The van der Waals surface area contributed by atoms with Crippen LogP contribution in [-0.4, -0.2) is 44.3 Å². The second-order valence-electron chi connectivity index (χ2n) is 5.90. The maximum absolute atomic E-state index is 5.74. The number of morpholine rings is 1. The first-order valence-electron chi connectivity index (χ1n) is 7.41. The van der Waals surface area contributed by atoms with Gasteiger partial charge in [0.05, 0.1) is 12.7 Å². The van der Waals surface area contributed by atoms with Crippen molar-refractivity contribution in [1.82, 2.24) is 10.2 Å². The number of hydrogen-bond donors (Lipinski definition) is 1. The minimum Gasteiger partial charge on any atom is -0.374 e. The summed E-state index contributed by atoms with van der Waals surface area (Å²) in [5.74, 6) is 0.855. The standard InChI is InChI=1S/C16H24N2O/c1-18-8-9-19-16(12-18)11-17-10-13-2-4-14(5-3-13)15-6-7-15/h2-5,15-17H,6-12H2,1H3. The summed E-state index contributed by atoms with van der Waals surface area (Å²) < 4.78 is 5.74. The van der Waals surface area contributed by atoms with Crippen LogP contribution in [0.2, 0.25) is 0 Å². The van der Waals surface area contributed by atoms with E-state index in [1.807, 2.05) is 0 Å². The van der Waals surface area contributed by atoms with Gasteiger partial charge in [-0.25, -0.2) is 0 Å². The van der Waals surface area contributed by atoms with E-state index >= 15 is 0 Å². The molecular formula is C16H24N2O. The molecule has 1 aliphatic heterocycles. The average Bonchev–Trinajstić information content (AvgIpc) is 3.24. The van der Waals surface area contributed by atoms with Gasteiger partial charge in [0, 0.05) is 26.2 Å². The lowest BCUT2D eigenvalue weighted by molar-refractivity contribution is -0.0182. The molecule has 3 nitrogen and oxygen atoms in total. The second kappa shape index (κ2) is 6.04. The molecule has 1 saturated heterocycles. The maximum atomic E-state index is 5.74. The smallest absolute Gasteiger partial charge is 0.0826 e. The number of hydrogen-bond acceptors (Lipinski definition) is 3. The molecule has 2 fully saturated rings. The van der Waals surface area contributed by atoms with Crippen molar-refractivity contribution in [1.29, 1.82) is 0 Å². The highest BCUT2D eigenvalue weighted by Crippen LogP contribution is 2.39. The predicted octanol–water partition coefficient (Wildman–Crippen LogP) is 1.98. The lowest BCUT2D eigenvalue weighted by Crippen LogP contribution is -2.44. The van der Waals surface area contributed by atoms with E-state index in [1.165, 1.54) is 24.0 Å². The lowest BCUT2D eigenvalue weighted by atomic mass is 10.1. The summed E-state index contributed by atoms with van der Waals surface area (Å²) in [5.41, 5.74) is 2.88. The minimum atomic E-state index is 0.337. The molecule has 1 aromatic rings. The Hall–Kier alpha value is -0.900. The van der Waals surface area contributed by atoms with Gasteiger partial charge in [-0.3, -0.25) is 0 Å². The third kappa shape index (κ3) is 3.78. The third-order valence-electron chi connectivity index (χ3n) is 4.07. The van der Waals surface area contributed by atoms with Crippen molar-refractivity contribution < 1.29 is 4.74 Å². The fraction of sp³-hybridized carbons (Fsp3) is 0.625. The van der Waals surface area contributed by atoms with Crippen molar-refractivity contribution in [3.05, 3.63) is 35.4 Å². The number of benzene rings is 1. The van der Waals surface area contributed by atoms with Gasteiger partial charge in [0.25, 0.3) is 0 Å². The molecule has 0 aromatic heterocycles. The van der Waals surface area contributed by atoms with Crippen LogP contribution in [0, 0.1) is 0 Å². The van der Waals surface area contributed by atoms with Crippen LogP contribution in [0.4, 0.5) is 0 Å². The van der Waals surface area contributed by atoms with Crippen LogP contribution in [0.3, 0.4) is 0 Å². The quantitative estimate of drug-likeness (QED) is 0.876. The van der Waals surface area contributed by atoms with Crippen LogP contribution in [-0.2, 0) is 11.3 Å². The number of likely N-dealkylation sites (N-methyl/N-ethyl adjacent to an activating group) is 1. The van der Waals surface area contributed by atoms with Crippen LogP contribution in [0.5, 0.6) is 0 Å². The number of rotatable bonds is 5. The zero-order valence-corrected chi connectivity index (χ0v) is 11.8. The Bertz CT molecular complexity index is 400. The van der Waals surface area contributed by atoms with Crippen molar-refractivity contribution >= 4 is 0 Å². The van der Waals surface area contributed by atoms with Gasteiger partial charge in [0.1, 0.15) is 0 Å². The van der Waals surface area contributed by atoms with Gasteiger partial charge in [-0.05, 0) is 36.9 Å². The van der Waals surface area contributed by atoms with Gasteiger partial charge in [-0.1, -0.05) is 24.3 Å². The Morgan fingerprint density at radius 1 is 1.26 bits per heavy atom. The van der Waals surface area contributed by atoms with Gasteiger partial charge in [0.2, 0.25) is 0 Å². The van der Waals surface area contributed by atoms with Gasteiger partial charge < -0.3 is 15.0 Å².